The fourth-order valence-corrected chi connectivity index (χ4v) is 3.61. The van der Waals surface area contributed by atoms with E-state index in [1.165, 1.54) is 0 Å². The largest absolute Gasteiger partial charge is 0.391 e. The van der Waals surface area contributed by atoms with Crippen molar-refractivity contribution in [1.82, 2.24) is 19.6 Å². The number of nitriles is 1. The lowest BCUT2D eigenvalue weighted by molar-refractivity contribution is 0.165. The summed E-state index contributed by atoms with van der Waals surface area (Å²) in [6, 6.07) is 13.6. The summed E-state index contributed by atoms with van der Waals surface area (Å²) in [5, 5.41) is 31.9. The molecule has 1 aliphatic carbocycles. The lowest BCUT2D eigenvalue weighted by atomic mass is 10.1. The van der Waals surface area contributed by atoms with Crippen LogP contribution in [0.3, 0.4) is 0 Å². The quantitative estimate of drug-likeness (QED) is 0.737. The molecule has 0 aliphatic heterocycles. The summed E-state index contributed by atoms with van der Waals surface area (Å²) in [7, 11) is 0. The number of anilines is 1. The van der Waals surface area contributed by atoms with E-state index in [1.54, 1.807) is 17.1 Å². The van der Waals surface area contributed by atoms with E-state index < -0.39 is 6.10 Å². The molecule has 1 aliphatic rings. The van der Waals surface area contributed by atoms with Gasteiger partial charge in [0.05, 0.1) is 24.0 Å². The van der Waals surface area contributed by atoms with Crippen molar-refractivity contribution in [2.45, 2.75) is 31.5 Å². The first kappa shape index (κ1) is 16.4. The van der Waals surface area contributed by atoms with Crippen LogP contribution < -0.4 is 5.32 Å². The van der Waals surface area contributed by atoms with Crippen molar-refractivity contribution in [3.05, 3.63) is 60.6 Å². The van der Waals surface area contributed by atoms with E-state index in [4.69, 9.17) is 0 Å². The number of aliphatic hydroxyl groups is 1. The van der Waals surface area contributed by atoms with Crippen LogP contribution in [0.15, 0.2) is 55.0 Å². The van der Waals surface area contributed by atoms with Gasteiger partial charge in [-0.2, -0.15) is 15.5 Å². The number of benzene rings is 1. The number of para-hydroxylation sites is 1. The fourth-order valence-electron chi connectivity index (χ4n) is 3.61. The van der Waals surface area contributed by atoms with Crippen LogP contribution in [0.1, 0.15) is 18.4 Å². The Morgan fingerprint density at radius 2 is 2.04 bits per heavy atom. The molecular weight excluding hydrogens is 328 g/mol. The van der Waals surface area contributed by atoms with Gasteiger partial charge in [-0.3, -0.25) is 4.68 Å². The monoisotopic (exact) mass is 348 g/mol. The third-order valence-corrected chi connectivity index (χ3v) is 4.84. The highest BCUT2D eigenvalue weighted by molar-refractivity contribution is 5.56. The van der Waals surface area contributed by atoms with Gasteiger partial charge in [-0.1, -0.05) is 18.2 Å². The van der Waals surface area contributed by atoms with Gasteiger partial charge in [0.15, 0.2) is 0 Å². The zero-order valence-electron chi connectivity index (χ0n) is 14.2. The molecule has 7 nitrogen and oxygen atoms in total. The predicted molar refractivity (Wildman–Crippen MR) is 96.6 cm³/mol. The molecule has 2 heterocycles. The molecule has 1 aromatic carbocycles. The second-order valence-electron chi connectivity index (χ2n) is 6.65. The molecule has 1 fully saturated rings. The number of aromatic nitrogens is 4. The van der Waals surface area contributed by atoms with E-state index in [-0.39, 0.29) is 6.04 Å². The summed E-state index contributed by atoms with van der Waals surface area (Å²) >= 11 is 0. The van der Waals surface area contributed by atoms with Crippen LogP contribution in [-0.2, 0) is 6.54 Å². The molecular formula is C19H20N6O. The summed E-state index contributed by atoms with van der Waals surface area (Å²) < 4.78 is 3.61. The minimum Gasteiger partial charge on any atom is -0.391 e. The first-order chi connectivity index (χ1) is 12.7. The molecule has 132 valence electrons. The number of hydrogen-bond donors (Lipinski definition) is 2. The van der Waals surface area contributed by atoms with Crippen LogP contribution in [0.2, 0.25) is 0 Å². The van der Waals surface area contributed by atoms with Gasteiger partial charge in [-0.05, 0) is 37.0 Å². The molecule has 3 aromatic rings. The molecule has 1 saturated carbocycles. The van der Waals surface area contributed by atoms with E-state index in [2.05, 4.69) is 21.6 Å². The summed E-state index contributed by atoms with van der Waals surface area (Å²) in [4.78, 5) is 0. The van der Waals surface area contributed by atoms with E-state index in [1.807, 2.05) is 47.3 Å². The Bertz CT molecular complexity index is 896. The third kappa shape index (κ3) is 3.19. The molecule has 0 spiro atoms. The number of nitrogens with one attached hydrogen (secondary N) is 1. The topological polar surface area (TPSA) is 91.7 Å². The molecule has 2 N–H and O–H groups in total. The number of hydrogen-bond acceptors (Lipinski definition) is 5. The van der Waals surface area contributed by atoms with E-state index in [0.29, 0.717) is 23.7 Å². The van der Waals surface area contributed by atoms with E-state index in [0.717, 1.165) is 18.7 Å². The van der Waals surface area contributed by atoms with Crippen molar-refractivity contribution >= 4 is 5.82 Å². The molecule has 0 bridgehead atoms. The Hall–Kier alpha value is -3.11. The van der Waals surface area contributed by atoms with Gasteiger partial charge in [0.25, 0.3) is 0 Å². The number of aliphatic hydroxyl groups excluding tert-OH is 1. The lowest BCUT2D eigenvalue weighted by Crippen LogP contribution is -2.29. The van der Waals surface area contributed by atoms with Gasteiger partial charge < -0.3 is 10.4 Å². The fraction of sp³-hybridized carbons (Fsp3) is 0.316. The smallest absolute Gasteiger partial charge is 0.148 e. The Balaban J connectivity index is 1.54. The van der Waals surface area contributed by atoms with E-state index >= 15 is 0 Å². The summed E-state index contributed by atoms with van der Waals surface area (Å²) in [5.74, 6) is 0.962. The molecule has 3 atom stereocenters. The highest BCUT2D eigenvalue weighted by Crippen LogP contribution is 2.31. The van der Waals surface area contributed by atoms with Crippen molar-refractivity contribution < 1.29 is 5.11 Å². The Kier molecular flexibility index (Phi) is 4.42. The number of nitrogens with zero attached hydrogens (tertiary/aromatic N) is 5. The van der Waals surface area contributed by atoms with Gasteiger partial charge in [-0.25, -0.2) is 4.68 Å². The van der Waals surface area contributed by atoms with Crippen molar-refractivity contribution in [1.29, 1.82) is 5.26 Å². The summed E-state index contributed by atoms with van der Waals surface area (Å²) in [6.07, 6.45) is 6.30. The molecule has 7 heteroatoms. The minimum atomic E-state index is -0.471. The highest BCUT2D eigenvalue weighted by Gasteiger charge is 2.34. The maximum atomic E-state index is 10.5. The number of rotatable bonds is 5. The Morgan fingerprint density at radius 3 is 2.77 bits per heavy atom. The minimum absolute atomic E-state index is 0.123. The molecule has 2 aromatic heterocycles. The first-order valence-electron chi connectivity index (χ1n) is 8.70. The molecule has 0 amide bonds. The third-order valence-electron chi connectivity index (χ3n) is 4.84. The molecule has 0 saturated heterocycles. The van der Waals surface area contributed by atoms with Gasteiger partial charge >= 0.3 is 0 Å². The first-order valence-corrected chi connectivity index (χ1v) is 8.70. The predicted octanol–water partition coefficient (Wildman–Crippen LogP) is 2.19. The highest BCUT2D eigenvalue weighted by atomic mass is 16.3. The van der Waals surface area contributed by atoms with Gasteiger partial charge in [0.2, 0.25) is 0 Å². The zero-order valence-corrected chi connectivity index (χ0v) is 14.2. The second kappa shape index (κ2) is 7.02. The molecule has 26 heavy (non-hydrogen) atoms. The summed E-state index contributed by atoms with van der Waals surface area (Å²) in [6.45, 7) is 0.783. The van der Waals surface area contributed by atoms with Crippen LogP contribution in [0.25, 0.3) is 5.69 Å². The average Bonchev–Trinajstić information content (AvgIpc) is 3.38. The van der Waals surface area contributed by atoms with Crippen molar-refractivity contribution in [2.75, 3.05) is 5.32 Å². The van der Waals surface area contributed by atoms with Crippen LogP contribution in [0, 0.1) is 17.2 Å². The van der Waals surface area contributed by atoms with Crippen LogP contribution in [0.4, 0.5) is 5.82 Å². The SMILES string of the molecule is N#Cc1cnn(-c2ccccc2)c1N[C@@H]1CC(Cn2cccn2)C[C@H]1O. The second-order valence-corrected chi connectivity index (χ2v) is 6.65. The maximum absolute atomic E-state index is 10.5. The summed E-state index contributed by atoms with van der Waals surface area (Å²) in [5.41, 5.74) is 1.34. The van der Waals surface area contributed by atoms with Crippen molar-refractivity contribution in [3.63, 3.8) is 0 Å². The molecule has 1 unspecified atom stereocenters. The normalized spacial score (nSPS) is 22.2. The van der Waals surface area contributed by atoms with Gasteiger partial charge in [0, 0.05) is 18.9 Å². The molecule has 4 rings (SSSR count). The van der Waals surface area contributed by atoms with Crippen molar-refractivity contribution in [3.8, 4) is 11.8 Å². The van der Waals surface area contributed by atoms with Crippen LogP contribution in [-0.4, -0.2) is 36.8 Å². The Morgan fingerprint density at radius 1 is 1.19 bits per heavy atom. The van der Waals surface area contributed by atoms with Gasteiger partial charge in [0.1, 0.15) is 17.5 Å². The zero-order chi connectivity index (χ0) is 17.9. The van der Waals surface area contributed by atoms with Crippen LogP contribution in [0.5, 0.6) is 0 Å². The maximum Gasteiger partial charge on any atom is 0.148 e. The van der Waals surface area contributed by atoms with Crippen molar-refractivity contribution in [2.24, 2.45) is 5.92 Å². The average molecular weight is 348 g/mol. The standard InChI is InChI=1S/C19H20N6O/c20-11-15-12-22-25(16-5-2-1-3-6-16)19(15)23-17-9-14(10-18(17)26)13-24-8-4-7-21-24/h1-8,12,14,17-18,23,26H,9-10,13H2/t14?,17-,18-/m1/s1. The lowest BCUT2D eigenvalue weighted by Gasteiger charge is -2.19. The molecule has 0 radical (unpaired) electrons. The van der Waals surface area contributed by atoms with Crippen LogP contribution >= 0.6 is 0 Å². The van der Waals surface area contributed by atoms with Gasteiger partial charge in [-0.15, -0.1) is 0 Å². The van der Waals surface area contributed by atoms with E-state index in [9.17, 15) is 10.4 Å². The Labute approximate surface area is 151 Å².